The summed E-state index contributed by atoms with van der Waals surface area (Å²) in [5.41, 5.74) is 3.52. The number of carbonyl (C=O) groups excluding carboxylic acids is 3. The van der Waals surface area contributed by atoms with Gasteiger partial charge >= 0.3 is 0 Å². The summed E-state index contributed by atoms with van der Waals surface area (Å²) < 4.78 is 18.1. The van der Waals surface area contributed by atoms with Crippen LogP contribution >= 0.6 is 11.6 Å². The molecule has 0 aromatic heterocycles. The molecule has 0 radical (unpaired) electrons. The number of ketones is 2. The van der Waals surface area contributed by atoms with Gasteiger partial charge in [0, 0.05) is 40.6 Å². The van der Waals surface area contributed by atoms with Crippen LogP contribution in [0.3, 0.4) is 0 Å². The van der Waals surface area contributed by atoms with Gasteiger partial charge in [-0.25, -0.2) is 0 Å². The zero-order valence-electron chi connectivity index (χ0n) is 30.0. The van der Waals surface area contributed by atoms with E-state index in [-0.39, 0.29) is 37.1 Å². The van der Waals surface area contributed by atoms with Crippen molar-refractivity contribution in [3.8, 4) is 22.6 Å². The van der Waals surface area contributed by atoms with Gasteiger partial charge in [0.1, 0.15) is 31.3 Å². The van der Waals surface area contributed by atoms with Crippen molar-refractivity contribution in [2.24, 2.45) is 5.92 Å². The number of nitrogens with one attached hydrogen (secondary N) is 1. The average Bonchev–Trinajstić information content (AvgIpc) is 3.20. The standard InChI is InChI=1S/C46H42ClNO6/c1-2-26-53-42-23-21-33-14-6-8-19-39(33)44(42)45-40-20-9-7-15-34(40)22-24-43(45)54-30-38(49)28-36(17-11-25-47)46(51)48-37-18-10-16-35(27-37)41(50)31-52-29-32-12-4-3-5-13-32/h2-10,12-16,18-24,27,36H,1,11,17,25-26,28-31H2,(H,48,51)/t36-/m0/s1. The van der Waals surface area contributed by atoms with E-state index in [0.717, 1.165) is 38.2 Å². The predicted molar refractivity (Wildman–Crippen MR) is 217 cm³/mol. The van der Waals surface area contributed by atoms with E-state index in [0.29, 0.717) is 54.7 Å². The fourth-order valence-corrected chi connectivity index (χ4v) is 6.64. The Labute approximate surface area is 320 Å². The van der Waals surface area contributed by atoms with Gasteiger partial charge in [0.15, 0.2) is 11.6 Å². The van der Waals surface area contributed by atoms with Crippen LogP contribution in [-0.4, -0.2) is 43.2 Å². The van der Waals surface area contributed by atoms with Gasteiger partial charge in [-0.2, -0.15) is 0 Å². The number of fused-ring (bicyclic) bond motifs is 2. The Kier molecular flexibility index (Phi) is 13.2. The first kappa shape index (κ1) is 38.0. The van der Waals surface area contributed by atoms with Crippen LogP contribution in [0.2, 0.25) is 0 Å². The van der Waals surface area contributed by atoms with E-state index in [9.17, 15) is 14.4 Å². The Morgan fingerprint density at radius 1 is 0.722 bits per heavy atom. The Hall–Kier alpha value is -5.76. The van der Waals surface area contributed by atoms with Crippen molar-refractivity contribution in [2.75, 3.05) is 31.0 Å². The van der Waals surface area contributed by atoms with Crippen LogP contribution in [0.5, 0.6) is 11.5 Å². The maximum atomic E-state index is 13.6. The van der Waals surface area contributed by atoms with E-state index >= 15 is 0 Å². The van der Waals surface area contributed by atoms with Gasteiger partial charge in [0.05, 0.1) is 6.61 Å². The zero-order chi connectivity index (χ0) is 37.7. The molecule has 1 atom stereocenters. The molecule has 0 aliphatic rings. The normalized spacial score (nSPS) is 11.6. The predicted octanol–water partition coefficient (Wildman–Crippen LogP) is 10.2. The van der Waals surface area contributed by atoms with Crippen molar-refractivity contribution >= 4 is 56.3 Å². The molecule has 6 rings (SSSR count). The Morgan fingerprint density at radius 3 is 2.04 bits per heavy atom. The fourth-order valence-electron chi connectivity index (χ4n) is 6.48. The first-order chi connectivity index (χ1) is 26.4. The van der Waals surface area contributed by atoms with Crippen molar-refractivity contribution in [1.82, 2.24) is 0 Å². The van der Waals surface area contributed by atoms with E-state index in [1.807, 2.05) is 103 Å². The molecule has 0 heterocycles. The summed E-state index contributed by atoms with van der Waals surface area (Å²) in [7, 11) is 0. The Bertz CT molecular complexity index is 2250. The highest BCUT2D eigenvalue weighted by Gasteiger charge is 2.24. The number of hydrogen-bond acceptors (Lipinski definition) is 6. The molecule has 8 heteroatoms. The van der Waals surface area contributed by atoms with Gasteiger partial charge in [-0.3, -0.25) is 14.4 Å². The second-order valence-electron chi connectivity index (χ2n) is 13.0. The molecule has 0 aliphatic carbocycles. The van der Waals surface area contributed by atoms with Crippen LogP contribution in [-0.2, 0) is 20.9 Å². The summed E-state index contributed by atoms with van der Waals surface area (Å²) in [5.74, 6) is 0.130. The first-order valence-electron chi connectivity index (χ1n) is 18.0. The van der Waals surface area contributed by atoms with Gasteiger partial charge in [-0.05, 0) is 64.2 Å². The van der Waals surface area contributed by atoms with Crippen LogP contribution < -0.4 is 14.8 Å². The smallest absolute Gasteiger partial charge is 0.227 e. The largest absolute Gasteiger partial charge is 0.489 e. The number of ether oxygens (including phenoxy) is 3. The Morgan fingerprint density at radius 2 is 1.37 bits per heavy atom. The van der Waals surface area contributed by atoms with E-state index in [4.69, 9.17) is 25.8 Å². The topological polar surface area (TPSA) is 90.9 Å². The number of anilines is 1. The summed E-state index contributed by atoms with van der Waals surface area (Å²) in [6.07, 6.45) is 2.62. The lowest BCUT2D eigenvalue weighted by Crippen LogP contribution is -2.27. The molecule has 6 aromatic carbocycles. The van der Waals surface area contributed by atoms with Crippen LogP contribution in [0.4, 0.5) is 5.69 Å². The van der Waals surface area contributed by atoms with Gasteiger partial charge in [0.2, 0.25) is 5.91 Å². The number of halogens is 1. The summed E-state index contributed by atoms with van der Waals surface area (Å²) in [5, 5.41) is 6.89. The number of hydrogen-bond donors (Lipinski definition) is 1. The van der Waals surface area contributed by atoms with Crippen molar-refractivity contribution in [1.29, 1.82) is 0 Å². The van der Waals surface area contributed by atoms with Gasteiger partial charge < -0.3 is 19.5 Å². The quantitative estimate of drug-likeness (QED) is 0.0505. The van der Waals surface area contributed by atoms with Crippen molar-refractivity contribution in [2.45, 2.75) is 25.9 Å². The zero-order valence-corrected chi connectivity index (χ0v) is 30.7. The molecule has 0 bridgehead atoms. The summed E-state index contributed by atoms with van der Waals surface area (Å²) in [6, 6.07) is 40.3. The highest BCUT2D eigenvalue weighted by Crippen LogP contribution is 2.45. The molecule has 7 nitrogen and oxygen atoms in total. The fraction of sp³-hybridized carbons (Fsp3) is 0.196. The minimum Gasteiger partial charge on any atom is -0.489 e. The molecule has 1 amide bonds. The van der Waals surface area contributed by atoms with Crippen LogP contribution in [0.25, 0.3) is 32.7 Å². The molecule has 54 heavy (non-hydrogen) atoms. The van der Waals surface area contributed by atoms with E-state index in [1.165, 1.54) is 0 Å². The molecule has 0 saturated heterocycles. The lowest BCUT2D eigenvalue weighted by Gasteiger charge is -2.20. The monoisotopic (exact) mass is 739 g/mol. The molecule has 0 saturated carbocycles. The third kappa shape index (κ3) is 9.61. The molecule has 0 fully saturated rings. The molecular weight excluding hydrogens is 698 g/mol. The van der Waals surface area contributed by atoms with Crippen molar-refractivity contribution < 1.29 is 28.6 Å². The molecule has 0 aliphatic heterocycles. The molecular formula is C46H42ClNO6. The Balaban J connectivity index is 1.17. The minimum absolute atomic E-state index is 0.0421. The SMILES string of the molecule is C=CCOc1ccc2ccccc2c1-c1c(OCC(=O)C[C@H](CCCCl)C(=O)Nc2cccc(C(=O)COCc3ccccc3)c2)ccc2ccccc12. The third-order valence-electron chi connectivity index (χ3n) is 9.10. The molecule has 0 unspecified atom stereocenters. The van der Waals surface area contributed by atoms with Crippen LogP contribution in [0.1, 0.15) is 35.2 Å². The van der Waals surface area contributed by atoms with Crippen molar-refractivity contribution in [3.63, 3.8) is 0 Å². The lowest BCUT2D eigenvalue weighted by atomic mass is 9.92. The molecule has 274 valence electrons. The van der Waals surface area contributed by atoms with Gasteiger partial charge in [-0.1, -0.05) is 116 Å². The first-order valence-corrected chi connectivity index (χ1v) is 18.5. The van der Waals surface area contributed by atoms with Crippen molar-refractivity contribution in [3.05, 3.63) is 151 Å². The summed E-state index contributed by atoms with van der Waals surface area (Å²) in [6.45, 7) is 4.13. The van der Waals surface area contributed by atoms with Crippen LogP contribution in [0.15, 0.2) is 140 Å². The van der Waals surface area contributed by atoms with E-state index in [2.05, 4.69) is 11.9 Å². The second-order valence-corrected chi connectivity index (χ2v) is 13.3. The van der Waals surface area contributed by atoms with E-state index < -0.39 is 5.92 Å². The molecule has 6 aromatic rings. The highest BCUT2D eigenvalue weighted by atomic mass is 35.5. The maximum absolute atomic E-state index is 13.6. The third-order valence-corrected chi connectivity index (χ3v) is 9.37. The van der Waals surface area contributed by atoms with Gasteiger partial charge in [0.25, 0.3) is 0 Å². The molecule has 1 N–H and O–H groups in total. The minimum atomic E-state index is -0.651. The second kappa shape index (κ2) is 18.8. The number of Topliss-reactive ketones (excluding diaryl/α,β-unsaturated/α-hetero) is 2. The van der Waals surface area contributed by atoms with Crippen LogP contribution in [0, 0.1) is 5.92 Å². The van der Waals surface area contributed by atoms with Gasteiger partial charge in [-0.15, -0.1) is 11.6 Å². The molecule has 0 spiro atoms. The summed E-state index contributed by atoms with van der Waals surface area (Å²) >= 11 is 6.03. The summed E-state index contributed by atoms with van der Waals surface area (Å²) in [4.78, 5) is 40.1. The number of benzene rings is 6. The number of rotatable bonds is 19. The average molecular weight is 740 g/mol. The van der Waals surface area contributed by atoms with E-state index in [1.54, 1.807) is 30.3 Å². The number of amides is 1. The number of alkyl halides is 1. The maximum Gasteiger partial charge on any atom is 0.227 e. The lowest BCUT2D eigenvalue weighted by molar-refractivity contribution is -0.127. The highest BCUT2D eigenvalue weighted by molar-refractivity contribution is 6.17. The number of carbonyl (C=O) groups is 3.